The molecule has 4 N–H and O–H groups in total. The van der Waals surface area contributed by atoms with Crippen LogP contribution in [0.4, 0.5) is 40.3 Å². The van der Waals surface area contributed by atoms with Crippen LogP contribution < -0.4 is 15.2 Å². The second-order valence-corrected chi connectivity index (χ2v) is 17.1. The Hall–Kier alpha value is -5.36. The summed E-state index contributed by atoms with van der Waals surface area (Å²) in [6.45, 7) is 0. The number of hydrogen-bond acceptors (Lipinski definition) is 9. The second-order valence-electron chi connectivity index (χ2n) is 13.8. The van der Waals surface area contributed by atoms with Crippen LogP contribution in [0.15, 0.2) is 70.5 Å². The van der Waals surface area contributed by atoms with Crippen molar-refractivity contribution in [1.29, 1.82) is 0 Å². The minimum absolute atomic E-state index is 0.0642. The highest BCUT2D eigenvalue weighted by atomic mass is 32.2. The standard InChI is InChI=1S/C18H14F2N2O5S.C18H16F2N2O3S/c19-10-2-3-16(14(20)6-10)28(26,27)21-11-7-13-12(15(8-11)22(24)25)9-17(23)18(13)4-1-5-18;19-10-2-3-16(14(20)6-10)26(24,25)22-11-7-13-12(15(21)8-11)9-17(23)18(13)4-1-5-18/h2-3,6-8,21H,1,4-5,9H2;2-3,6-8,22H,1,4-5,9,21H2. The number of Topliss-reactive ketones (excluding diaryl/α,β-unsaturated/α-hetero) is 2. The molecule has 2 spiro atoms. The molecule has 0 aliphatic heterocycles. The van der Waals surface area contributed by atoms with E-state index in [2.05, 4.69) is 9.44 Å². The molecule has 4 aromatic rings. The Bertz CT molecular complexity index is 2540. The number of rotatable bonds is 7. The van der Waals surface area contributed by atoms with E-state index in [4.69, 9.17) is 5.73 Å². The Morgan fingerprint density at radius 3 is 1.48 bits per heavy atom. The first-order chi connectivity index (χ1) is 25.4. The molecule has 2 saturated carbocycles. The van der Waals surface area contributed by atoms with E-state index in [-0.39, 0.29) is 41.5 Å². The van der Waals surface area contributed by atoms with E-state index in [0.29, 0.717) is 41.8 Å². The molecule has 0 radical (unpaired) electrons. The number of ketones is 2. The van der Waals surface area contributed by atoms with Crippen molar-refractivity contribution in [3.05, 3.63) is 116 Å². The van der Waals surface area contributed by atoms with Gasteiger partial charge in [-0.2, -0.15) is 0 Å². The summed E-state index contributed by atoms with van der Waals surface area (Å²) < 4.78 is 108. The highest BCUT2D eigenvalue weighted by Crippen LogP contribution is 2.54. The molecule has 0 amide bonds. The van der Waals surface area contributed by atoms with Gasteiger partial charge >= 0.3 is 0 Å². The van der Waals surface area contributed by atoms with Gasteiger partial charge in [-0.3, -0.25) is 29.1 Å². The molecule has 0 bridgehead atoms. The molecular formula is C36H30F4N4O8S2. The number of nitro benzene ring substituents is 1. The molecule has 0 unspecified atom stereocenters. The summed E-state index contributed by atoms with van der Waals surface area (Å²) in [6.07, 6.45) is 4.48. The number of carbonyl (C=O) groups excluding carboxylic acids is 2. The van der Waals surface area contributed by atoms with Gasteiger partial charge in [-0.1, -0.05) is 12.8 Å². The van der Waals surface area contributed by atoms with Crippen molar-refractivity contribution in [2.45, 2.75) is 72.0 Å². The van der Waals surface area contributed by atoms with Crippen LogP contribution in [0.3, 0.4) is 0 Å². The zero-order valence-corrected chi connectivity index (χ0v) is 29.7. The number of nitrogen functional groups attached to an aromatic ring is 1. The SMILES string of the molecule is Nc1cc(NS(=O)(=O)c2ccc(F)cc2F)cc2c1CC(=O)C21CCC1.O=C1Cc2c([N+](=O)[O-])cc(NS(=O)(=O)c3ccc(F)cc3F)cc2C12CCC2. The van der Waals surface area contributed by atoms with E-state index < -0.39 is 68.9 Å². The average molecular weight is 787 g/mol. The normalized spacial score (nSPS) is 17.6. The summed E-state index contributed by atoms with van der Waals surface area (Å²) in [5.41, 5.74) is 6.90. The van der Waals surface area contributed by atoms with Crippen molar-refractivity contribution in [2.75, 3.05) is 15.2 Å². The number of nitrogens with two attached hydrogens (primary N) is 1. The minimum atomic E-state index is -4.46. The number of carbonyl (C=O) groups is 2. The lowest BCUT2D eigenvalue weighted by molar-refractivity contribution is -0.385. The Kier molecular flexibility index (Phi) is 8.83. The lowest BCUT2D eigenvalue weighted by Gasteiger charge is -2.37. The maximum Gasteiger partial charge on any atom is 0.275 e. The van der Waals surface area contributed by atoms with E-state index in [1.165, 1.54) is 12.1 Å². The molecule has 0 saturated heterocycles. The van der Waals surface area contributed by atoms with Crippen LogP contribution in [0.1, 0.15) is 60.8 Å². The van der Waals surface area contributed by atoms with Crippen molar-refractivity contribution in [3.8, 4) is 0 Å². The molecule has 0 atom stereocenters. The minimum Gasteiger partial charge on any atom is -0.398 e. The van der Waals surface area contributed by atoms with Crippen LogP contribution in [0, 0.1) is 33.4 Å². The van der Waals surface area contributed by atoms with Crippen LogP contribution in [0.5, 0.6) is 0 Å². The molecule has 0 aromatic heterocycles. The van der Waals surface area contributed by atoms with Gasteiger partial charge in [-0.15, -0.1) is 0 Å². The number of nitrogens with one attached hydrogen (secondary N) is 2. The Labute approximate surface area is 306 Å². The van der Waals surface area contributed by atoms with Crippen LogP contribution in [-0.2, 0) is 53.3 Å². The number of benzene rings is 4. The largest absolute Gasteiger partial charge is 0.398 e. The fourth-order valence-electron chi connectivity index (χ4n) is 7.79. The molecule has 0 heterocycles. The van der Waals surface area contributed by atoms with Gasteiger partial charge in [-0.25, -0.2) is 34.4 Å². The molecule has 4 aromatic carbocycles. The second kappa shape index (κ2) is 12.9. The van der Waals surface area contributed by atoms with Crippen molar-refractivity contribution < 1.29 is 48.9 Å². The van der Waals surface area contributed by atoms with Gasteiger partial charge in [0.25, 0.3) is 25.7 Å². The molecule has 4 aliphatic carbocycles. The van der Waals surface area contributed by atoms with E-state index in [9.17, 15) is 54.1 Å². The predicted molar refractivity (Wildman–Crippen MR) is 187 cm³/mol. The molecule has 54 heavy (non-hydrogen) atoms. The van der Waals surface area contributed by atoms with Gasteiger partial charge < -0.3 is 5.73 Å². The maximum atomic E-state index is 13.9. The fourth-order valence-corrected chi connectivity index (χ4v) is 9.99. The van der Waals surface area contributed by atoms with E-state index in [0.717, 1.165) is 67.1 Å². The van der Waals surface area contributed by atoms with Crippen LogP contribution in [0.25, 0.3) is 0 Å². The van der Waals surface area contributed by atoms with Gasteiger partial charge in [0.05, 0.1) is 27.1 Å². The molecule has 8 rings (SSSR count). The summed E-state index contributed by atoms with van der Waals surface area (Å²) in [7, 11) is -8.73. The van der Waals surface area contributed by atoms with Crippen molar-refractivity contribution in [1.82, 2.24) is 0 Å². The zero-order chi connectivity index (χ0) is 39.0. The third-order valence-corrected chi connectivity index (χ3v) is 13.6. The van der Waals surface area contributed by atoms with Gasteiger partial charge in [0, 0.05) is 42.3 Å². The third kappa shape index (κ3) is 6.06. The molecular weight excluding hydrogens is 757 g/mol. The van der Waals surface area contributed by atoms with Gasteiger partial charge in [-0.05, 0) is 84.8 Å². The lowest BCUT2D eigenvalue weighted by Crippen LogP contribution is -2.39. The number of halogens is 4. The number of sulfonamides is 2. The number of hydrogen-bond donors (Lipinski definition) is 3. The number of fused-ring (bicyclic) bond motifs is 4. The first-order valence-electron chi connectivity index (χ1n) is 16.6. The molecule has 2 fully saturated rings. The van der Waals surface area contributed by atoms with Crippen molar-refractivity contribution in [3.63, 3.8) is 0 Å². The zero-order valence-electron chi connectivity index (χ0n) is 28.0. The average Bonchev–Trinajstić information content (AvgIpc) is 3.50. The Balaban J connectivity index is 0.000000167. The Morgan fingerprint density at radius 2 is 1.07 bits per heavy atom. The van der Waals surface area contributed by atoms with E-state index in [1.54, 1.807) is 6.07 Å². The fraction of sp³-hybridized carbons (Fsp3) is 0.278. The highest BCUT2D eigenvalue weighted by molar-refractivity contribution is 7.93. The summed E-state index contributed by atoms with van der Waals surface area (Å²) in [4.78, 5) is 34.2. The van der Waals surface area contributed by atoms with Crippen LogP contribution in [0.2, 0.25) is 0 Å². The van der Waals surface area contributed by atoms with Crippen molar-refractivity contribution >= 4 is 54.4 Å². The van der Waals surface area contributed by atoms with Crippen LogP contribution >= 0.6 is 0 Å². The van der Waals surface area contributed by atoms with Gasteiger partial charge in [0.1, 0.15) is 44.6 Å². The van der Waals surface area contributed by atoms with Gasteiger partial charge in [0.15, 0.2) is 0 Å². The third-order valence-electron chi connectivity index (χ3n) is 10.8. The smallest absolute Gasteiger partial charge is 0.275 e. The molecule has 4 aliphatic rings. The first-order valence-corrected chi connectivity index (χ1v) is 19.6. The summed E-state index contributed by atoms with van der Waals surface area (Å²) in [6, 6.07) is 9.69. The summed E-state index contributed by atoms with van der Waals surface area (Å²) in [5, 5.41) is 11.5. The number of nitro groups is 1. The van der Waals surface area contributed by atoms with Crippen molar-refractivity contribution in [2.24, 2.45) is 0 Å². The molecule has 18 heteroatoms. The Morgan fingerprint density at radius 1 is 0.648 bits per heavy atom. The monoisotopic (exact) mass is 786 g/mol. The lowest BCUT2D eigenvalue weighted by atomic mass is 9.64. The molecule has 282 valence electrons. The topological polar surface area (TPSA) is 196 Å². The predicted octanol–water partition coefficient (Wildman–Crippen LogP) is 6.12. The number of anilines is 3. The van der Waals surface area contributed by atoms with Gasteiger partial charge in [0.2, 0.25) is 0 Å². The summed E-state index contributed by atoms with van der Waals surface area (Å²) in [5.74, 6) is -4.27. The summed E-state index contributed by atoms with van der Waals surface area (Å²) >= 11 is 0. The first kappa shape index (κ1) is 37.0. The quantitative estimate of drug-likeness (QED) is 0.0857. The van der Waals surface area contributed by atoms with Crippen LogP contribution in [-0.4, -0.2) is 33.3 Å². The highest BCUT2D eigenvalue weighted by Gasteiger charge is 2.53. The van der Waals surface area contributed by atoms with E-state index in [1.807, 2.05) is 0 Å². The molecule has 12 nitrogen and oxygen atoms in total. The van der Waals surface area contributed by atoms with E-state index >= 15 is 0 Å². The number of nitrogens with zero attached hydrogens (tertiary/aromatic N) is 1. The maximum absolute atomic E-state index is 13.9.